The normalized spacial score (nSPS) is 12.8. The summed E-state index contributed by atoms with van der Waals surface area (Å²) in [7, 11) is 0. The molecule has 0 aliphatic heterocycles. The van der Waals surface area contributed by atoms with E-state index in [0.29, 0.717) is 15.8 Å². The highest BCUT2D eigenvalue weighted by Crippen LogP contribution is 2.27. The molecule has 0 saturated carbocycles. The molecule has 1 atom stereocenters. The molecule has 8 heteroatoms. The molecule has 0 spiro atoms. The van der Waals surface area contributed by atoms with Crippen molar-refractivity contribution in [3.63, 3.8) is 0 Å². The number of halogens is 3. The molecule has 0 aliphatic carbocycles. The van der Waals surface area contributed by atoms with Crippen LogP contribution in [-0.4, -0.2) is 32.2 Å². The van der Waals surface area contributed by atoms with Gasteiger partial charge in [-0.1, -0.05) is 60.7 Å². The van der Waals surface area contributed by atoms with Gasteiger partial charge in [-0.3, -0.25) is 0 Å². The maximum atomic E-state index is 12.6. The van der Waals surface area contributed by atoms with Crippen LogP contribution in [0.1, 0.15) is 0 Å². The molecule has 1 heterocycles. The third kappa shape index (κ3) is 3.80. The molecule has 3 rings (SSSR count). The van der Waals surface area contributed by atoms with E-state index < -0.39 is 24.5 Å². The maximum absolute atomic E-state index is 12.6. The molecule has 0 fully saturated rings. The number of nitrogens with zero attached hydrogens (tertiary/aromatic N) is 3. The van der Waals surface area contributed by atoms with Gasteiger partial charge in [-0.05, 0) is 0 Å². The second kappa shape index (κ2) is 7.09. The first-order valence-electron chi connectivity index (χ1n) is 7.71. The van der Waals surface area contributed by atoms with Gasteiger partial charge in [0.15, 0.2) is 6.10 Å². The summed E-state index contributed by atoms with van der Waals surface area (Å²) in [5.74, 6) is 0. The third-order valence-electron chi connectivity index (χ3n) is 3.69. The molecular weight excluding hydrogens is 347 g/mol. The van der Waals surface area contributed by atoms with Crippen LogP contribution >= 0.6 is 0 Å². The first-order chi connectivity index (χ1) is 12.4. The molecular formula is C18H14F3N3O2. The lowest BCUT2D eigenvalue weighted by atomic mass is 10.0. The Hall–Kier alpha value is -3.00. The fourth-order valence-electron chi connectivity index (χ4n) is 2.39. The van der Waals surface area contributed by atoms with Crippen LogP contribution in [0.4, 0.5) is 13.2 Å². The minimum absolute atomic E-state index is 0.255. The van der Waals surface area contributed by atoms with Gasteiger partial charge in [-0.2, -0.15) is 23.3 Å². The van der Waals surface area contributed by atoms with Gasteiger partial charge in [-0.15, -0.1) is 0 Å². The summed E-state index contributed by atoms with van der Waals surface area (Å²) in [6.07, 6.45) is -7.56. The summed E-state index contributed by atoms with van der Waals surface area (Å²) >= 11 is 0. The van der Waals surface area contributed by atoms with Crippen LogP contribution in [-0.2, 0) is 6.54 Å². The molecule has 3 aromatic rings. The van der Waals surface area contributed by atoms with Crippen LogP contribution in [0.3, 0.4) is 0 Å². The fourth-order valence-corrected chi connectivity index (χ4v) is 2.39. The molecule has 2 aromatic carbocycles. The molecule has 0 saturated heterocycles. The van der Waals surface area contributed by atoms with Crippen molar-refractivity contribution in [1.29, 1.82) is 0 Å². The smallest absolute Gasteiger partial charge is 0.382 e. The minimum Gasteiger partial charge on any atom is -0.382 e. The van der Waals surface area contributed by atoms with Crippen molar-refractivity contribution in [2.45, 2.75) is 18.8 Å². The lowest BCUT2D eigenvalue weighted by Gasteiger charge is -2.16. The highest BCUT2D eigenvalue weighted by atomic mass is 19.4. The Balaban J connectivity index is 2.15. The van der Waals surface area contributed by atoms with Crippen molar-refractivity contribution in [3.05, 3.63) is 71.1 Å². The van der Waals surface area contributed by atoms with Gasteiger partial charge in [-0.25, -0.2) is 9.48 Å². The number of alkyl halides is 3. The highest BCUT2D eigenvalue weighted by molar-refractivity contribution is 5.77. The zero-order chi connectivity index (χ0) is 18.7. The van der Waals surface area contributed by atoms with Crippen LogP contribution in [0.25, 0.3) is 22.5 Å². The van der Waals surface area contributed by atoms with E-state index in [1.165, 1.54) is 0 Å². The quantitative estimate of drug-likeness (QED) is 0.776. The Morgan fingerprint density at radius 3 is 1.92 bits per heavy atom. The monoisotopic (exact) mass is 361 g/mol. The van der Waals surface area contributed by atoms with E-state index in [2.05, 4.69) is 10.1 Å². The van der Waals surface area contributed by atoms with Crippen LogP contribution in [0.2, 0.25) is 0 Å². The van der Waals surface area contributed by atoms with Gasteiger partial charge in [0, 0.05) is 11.1 Å². The van der Waals surface area contributed by atoms with Crippen molar-refractivity contribution in [2.75, 3.05) is 0 Å². The number of aromatic nitrogens is 3. The largest absolute Gasteiger partial charge is 0.416 e. The first kappa shape index (κ1) is 17.8. The third-order valence-corrected chi connectivity index (χ3v) is 3.69. The summed E-state index contributed by atoms with van der Waals surface area (Å²) in [6.45, 7) is -1.02. The number of hydrogen-bond donors (Lipinski definition) is 1. The summed E-state index contributed by atoms with van der Waals surface area (Å²) in [6, 6.07) is 17.4. The first-order valence-corrected chi connectivity index (χ1v) is 7.71. The highest BCUT2D eigenvalue weighted by Gasteiger charge is 2.39. The van der Waals surface area contributed by atoms with Gasteiger partial charge in [0.2, 0.25) is 0 Å². The average molecular weight is 361 g/mol. The lowest BCUT2D eigenvalue weighted by Crippen LogP contribution is -2.38. The molecule has 0 amide bonds. The molecule has 0 aliphatic rings. The SMILES string of the molecule is O=c1nc(-c2ccccc2)c(-c2ccccc2)nn1CC(O)C(F)(F)F. The number of rotatable bonds is 4. The molecule has 0 radical (unpaired) electrons. The van der Waals surface area contributed by atoms with Gasteiger partial charge in [0.25, 0.3) is 0 Å². The van der Waals surface area contributed by atoms with Gasteiger partial charge in [0.1, 0.15) is 11.4 Å². The molecule has 0 bridgehead atoms. The fraction of sp³-hybridized carbons (Fsp3) is 0.167. The number of benzene rings is 2. The Bertz CT molecular complexity index is 941. The molecule has 5 nitrogen and oxygen atoms in total. The van der Waals surface area contributed by atoms with Crippen LogP contribution < -0.4 is 5.69 Å². The van der Waals surface area contributed by atoms with Crippen LogP contribution in [0.15, 0.2) is 65.5 Å². The summed E-state index contributed by atoms with van der Waals surface area (Å²) < 4.78 is 38.4. The second-order valence-corrected chi connectivity index (χ2v) is 5.56. The van der Waals surface area contributed by atoms with E-state index in [1.807, 2.05) is 0 Å². The molecule has 1 N–H and O–H groups in total. The lowest BCUT2D eigenvalue weighted by molar-refractivity contribution is -0.208. The van der Waals surface area contributed by atoms with Gasteiger partial charge in [0.05, 0.1) is 6.54 Å². The number of aliphatic hydroxyl groups excluding tert-OH is 1. The van der Waals surface area contributed by atoms with Crippen molar-refractivity contribution in [1.82, 2.24) is 14.8 Å². The van der Waals surface area contributed by atoms with E-state index >= 15 is 0 Å². The standard InChI is InChI=1S/C18H14F3N3O2/c19-18(20,21)14(25)11-24-17(26)22-15(12-7-3-1-4-8-12)16(23-24)13-9-5-2-6-10-13/h1-10,14,25H,11H2. The van der Waals surface area contributed by atoms with Crippen molar-refractivity contribution in [3.8, 4) is 22.5 Å². The molecule has 1 aromatic heterocycles. The van der Waals surface area contributed by atoms with E-state index in [9.17, 15) is 23.1 Å². The molecule has 134 valence electrons. The minimum atomic E-state index is -4.86. The van der Waals surface area contributed by atoms with Gasteiger partial charge < -0.3 is 5.11 Å². The van der Waals surface area contributed by atoms with E-state index in [4.69, 9.17) is 0 Å². The topological polar surface area (TPSA) is 68.0 Å². The summed E-state index contributed by atoms with van der Waals surface area (Å²) in [4.78, 5) is 16.1. The Morgan fingerprint density at radius 2 is 1.42 bits per heavy atom. The molecule has 26 heavy (non-hydrogen) atoms. The Labute approximate surface area is 146 Å². The number of aliphatic hydroxyl groups is 1. The van der Waals surface area contributed by atoms with E-state index in [0.717, 1.165) is 0 Å². The number of hydrogen-bond acceptors (Lipinski definition) is 4. The van der Waals surface area contributed by atoms with Crippen molar-refractivity contribution in [2.24, 2.45) is 0 Å². The molecule has 1 unspecified atom stereocenters. The van der Waals surface area contributed by atoms with Gasteiger partial charge >= 0.3 is 11.9 Å². The summed E-state index contributed by atoms with van der Waals surface area (Å²) in [5.41, 5.74) is 0.755. The second-order valence-electron chi connectivity index (χ2n) is 5.56. The van der Waals surface area contributed by atoms with Crippen LogP contribution in [0.5, 0.6) is 0 Å². The Morgan fingerprint density at radius 1 is 0.923 bits per heavy atom. The zero-order valence-corrected chi connectivity index (χ0v) is 13.4. The maximum Gasteiger partial charge on any atom is 0.416 e. The van der Waals surface area contributed by atoms with E-state index in [1.54, 1.807) is 60.7 Å². The Kier molecular flexibility index (Phi) is 4.85. The summed E-state index contributed by atoms with van der Waals surface area (Å²) in [5, 5.41) is 13.3. The zero-order valence-electron chi connectivity index (χ0n) is 13.4. The average Bonchev–Trinajstić information content (AvgIpc) is 2.63. The van der Waals surface area contributed by atoms with Crippen LogP contribution in [0, 0.1) is 0 Å². The predicted octanol–water partition coefficient (Wildman–Crippen LogP) is 2.90. The van der Waals surface area contributed by atoms with Crippen molar-refractivity contribution >= 4 is 0 Å². The van der Waals surface area contributed by atoms with Crippen molar-refractivity contribution < 1.29 is 18.3 Å². The predicted molar refractivity (Wildman–Crippen MR) is 89.2 cm³/mol. The van der Waals surface area contributed by atoms with E-state index in [-0.39, 0.29) is 11.4 Å².